The van der Waals surface area contributed by atoms with Gasteiger partial charge in [0.05, 0.1) is 12.1 Å². The van der Waals surface area contributed by atoms with Crippen LogP contribution in [0, 0.1) is 0 Å². The lowest BCUT2D eigenvalue weighted by Crippen LogP contribution is -2.31. The van der Waals surface area contributed by atoms with E-state index in [9.17, 15) is 9.59 Å². The Morgan fingerprint density at radius 1 is 0.970 bits per heavy atom. The van der Waals surface area contributed by atoms with E-state index in [1.165, 1.54) is 21.8 Å². The van der Waals surface area contributed by atoms with Gasteiger partial charge in [0.15, 0.2) is 11.5 Å². The monoisotopic (exact) mass is 460 g/mol. The number of thiophene rings is 1. The van der Waals surface area contributed by atoms with Crippen LogP contribution < -0.4 is 14.8 Å². The maximum Gasteiger partial charge on any atom is 0.278 e. The van der Waals surface area contributed by atoms with Crippen molar-refractivity contribution >= 4 is 34.4 Å². The van der Waals surface area contributed by atoms with Crippen molar-refractivity contribution in [1.29, 1.82) is 0 Å². The number of amides is 2. The van der Waals surface area contributed by atoms with Gasteiger partial charge >= 0.3 is 0 Å². The van der Waals surface area contributed by atoms with Crippen molar-refractivity contribution < 1.29 is 19.1 Å². The summed E-state index contributed by atoms with van der Waals surface area (Å²) in [5, 5.41) is 5.12. The summed E-state index contributed by atoms with van der Waals surface area (Å²) in [5.41, 5.74) is 3.47. The molecule has 1 aromatic heterocycles. The second-order valence-corrected chi connectivity index (χ2v) is 10.0. The van der Waals surface area contributed by atoms with E-state index in [0.717, 1.165) is 16.1 Å². The number of hydrogen-bond acceptors (Lipinski definition) is 6. The van der Waals surface area contributed by atoms with Gasteiger partial charge in [0.2, 0.25) is 6.79 Å². The van der Waals surface area contributed by atoms with Crippen LogP contribution in [-0.2, 0) is 21.5 Å². The van der Waals surface area contributed by atoms with E-state index in [1.807, 2.05) is 53.9 Å². The molecule has 7 heteroatoms. The quantitative estimate of drug-likeness (QED) is 0.532. The van der Waals surface area contributed by atoms with E-state index < -0.39 is 0 Å². The van der Waals surface area contributed by atoms with Crippen molar-refractivity contribution in [2.24, 2.45) is 0 Å². The van der Waals surface area contributed by atoms with Gasteiger partial charge in [0.25, 0.3) is 11.8 Å². The van der Waals surface area contributed by atoms with Gasteiger partial charge in [-0.3, -0.25) is 14.5 Å². The number of nitrogens with one attached hydrogen (secondary N) is 1. The maximum absolute atomic E-state index is 13.4. The van der Waals surface area contributed by atoms with Gasteiger partial charge in [-0.15, -0.1) is 11.3 Å². The zero-order valence-electron chi connectivity index (χ0n) is 18.7. The van der Waals surface area contributed by atoms with Crippen LogP contribution in [0.5, 0.6) is 11.5 Å². The Bertz CT molecular complexity index is 1250. The van der Waals surface area contributed by atoms with Gasteiger partial charge in [-0.25, -0.2) is 0 Å². The molecular formula is C26H24N2O4S. The Morgan fingerprint density at radius 2 is 1.73 bits per heavy atom. The van der Waals surface area contributed by atoms with E-state index in [-0.39, 0.29) is 30.6 Å². The number of carbonyl (C=O) groups is 2. The second-order valence-electron chi connectivity index (χ2n) is 9.06. The molecule has 0 atom stereocenters. The van der Waals surface area contributed by atoms with Gasteiger partial charge in [0, 0.05) is 10.6 Å². The van der Waals surface area contributed by atoms with Crippen molar-refractivity contribution in [3.05, 3.63) is 81.7 Å². The number of rotatable bonds is 5. The molecule has 0 bridgehead atoms. The molecule has 2 amide bonds. The van der Waals surface area contributed by atoms with E-state index in [4.69, 9.17) is 9.47 Å². The Hall–Kier alpha value is -3.58. The van der Waals surface area contributed by atoms with E-state index in [2.05, 4.69) is 26.1 Å². The molecule has 6 nitrogen and oxygen atoms in total. The lowest BCUT2D eigenvalue weighted by Gasteiger charge is -2.19. The molecular weight excluding hydrogens is 436 g/mol. The molecule has 0 radical (unpaired) electrons. The van der Waals surface area contributed by atoms with Gasteiger partial charge in [0.1, 0.15) is 5.70 Å². The van der Waals surface area contributed by atoms with Crippen LogP contribution >= 0.6 is 11.3 Å². The highest BCUT2D eigenvalue weighted by Gasteiger charge is 2.39. The Kier molecular flexibility index (Phi) is 5.21. The number of hydrogen-bond donors (Lipinski definition) is 1. The fourth-order valence-electron chi connectivity index (χ4n) is 3.90. The largest absolute Gasteiger partial charge is 0.454 e. The van der Waals surface area contributed by atoms with Crippen LogP contribution in [-0.4, -0.2) is 23.5 Å². The van der Waals surface area contributed by atoms with Gasteiger partial charge in [-0.1, -0.05) is 45.0 Å². The highest BCUT2D eigenvalue weighted by Crippen LogP contribution is 2.36. The van der Waals surface area contributed by atoms with Crippen LogP contribution in [0.2, 0.25) is 0 Å². The van der Waals surface area contributed by atoms with Crippen molar-refractivity contribution in [3.63, 3.8) is 0 Å². The zero-order valence-corrected chi connectivity index (χ0v) is 19.5. The molecule has 3 aromatic rings. The molecule has 168 valence electrons. The summed E-state index contributed by atoms with van der Waals surface area (Å²) < 4.78 is 10.8. The second kappa shape index (κ2) is 8.08. The summed E-state index contributed by atoms with van der Waals surface area (Å²) >= 11 is 1.44. The molecule has 2 aromatic carbocycles. The lowest BCUT2D eigenvalue weighted by molar-refractivity contribution is -0.137. The molecule has 3 heterocycles. The average molecular weight is 461 g/mol. The first-order chi connectivity index (χ1) is 15.8. The topological polar surface area (TPSA) is 67.9 Å². The Balaban J connectivity index is 1.45. The molecule has 2 aliphatic rings. The summed E-state index contributed by atoms with van der Waals surface area (Å²) in [4.78, 5) is 28.9. The van der Waals surface area contributed by atoms with Crippen molar-refractivity contribution in [2.45, 2.75) is 32.7 Å². The first kappa shape index (κ1) is 21.3. The normalized spacial score (nSPS) is 15.5. The predicted molar refractivity (Wildman–Crippen MR) is 128 cm³/mol. The number of benzene rings is 2. The third-order valence-electron chi connectivity index (χ3n) is 5.73. The number of ether oxygens (including phenoxy) is 2. The minimum absolute atomic E-state index is 0.0283. The van der Waals surface area contributed by atoms with Crippen molar-refractivity contribution in [3.8, 4) is 11.5 Å². The van der Waals surface area contributed by atoms with Crippen LogP contribution in [0.25, 0.3) is 5.57 Å². The zero-order chi connectivity index (χ0) is 23.2. The summed E-state index contributed by atoms with van der Waals surface area (Å²) in [6, 6.07) is 17.2. The molecule has 0 fully saturated rings. The maximum atomic E-state index is 13.4. The highest BCUT2D eigenvalue weighted by atomic mass is 32.1. The Labute approximate surface area is 196 Å². The summed E-state index contributed by atoms with van der Waals surface area (Å²) in [6.45, 7) is 6.78. The minimum Gasteiger partial charge on any atom is -0.454 e. The third kappa shape index (κ3) is 4.00. The lowest BCUT2D eigenvalue weighted by atomic mass is 9.87. The van der Waals surface area contributed by atoms with E-state index >= 15 is 0 Å². The SMILES string of the molecule is CC(C)(C)c1ccc(NC2=C(c3cccs3)C(=O)N(Cc3ccc4c(c3)OCO4)C2=O)cc1. The number of anilines is 1. The summed E-state index contributed by atoms with van der Waals surface area (Å²) in [7, 11) is 0. The smallest absolute Gasteiger partial charge is 0.278 e. The van der Waals surface area contributed by atoms with Crippen LogP contribution in [0.15, 0.2) is 65.7 Å². The van der Waals surface area contributed by atoms with E-state index in [0.29, 0.717) is 22.8 Å². The highest BCUT2D eigenvalue weighted by molar-refractivity contribution is 7.11. The van der Waals surface area contributed by atoms with Crippen molar-refractivity contribution in [2.75, 3.05) is 12.1 Å². The molecule has 0 saturated carbocycles. The summed E-state index contributed by atoms with van der Waals surface area (Å²) in [6.07, 6.45) is 0. The number of fused-ring (bicyclic) bond motifs is 1. The fraction of sp³-hybridized carbons (Fsp3) is 0.231. The molecule has 0 aliphatic carbocycles. The molecule has 2 aliphatic heterocycles. The molecule has 1 N–H and O–H groups in total. The number of imide groups is 1. The van der Waals surface area contributed by atoms with Gasteiger partial charge in [-0.05, 0) is 52.3 Å². The fourth-order valence-corrected chi connectivity index (χ4v) is 4.67. The van der Waals surface area contributed by atoms with Gasteiger partial charge in [-0.2, -0.15) is 0 Å². The van der Waals surface area contributed by atoms with E-state index in [1.54, 1.807) is 6.07 Å². The first-order valence-corrected chi connectivity index (χ1v) is 11.6. The number of carbonyl (C=O) groups excluding carboxylic acids is 2. The van der Waals surface area contributed by atoms with Gasteiger partial charge < -0.3 is 14.8 Å². The molecule has 0 unspecified atom stereocenters. The molecule has 0 saturated heterocycles. The minimum atomic E-state index is -0.346. The van der Waals surface area contributed by atoms with Crippen molar-refractivity contribution in [1.82, 2.24) is 4.90 Å². The molecule has 33 heavy (non-hydrogen) atoms. The number of nitrogens with zero attached hydrogens (tertiary/aromatic N) is 1. The average Bonchev–Trinajstić information content (AvgIpc) is 3.51. The Morgan fingerprint density at radius 3 is 2.42 bits per heavy atom. The standard InChI is InChI=1S/C26H24N2O4S/c1-26(2,3)17-7-9-18(10-8-17)27-23-22(21-5-4-12-33-21)24(29)28(25(23)30)14-16-6-11-19-20(13-16)32-15-31-19/h4-13,27H,14-15H2,1-3H3. The predicted octanol–water partition coefficient (Wildman–Crippen LogP) is 5.17. The van der Waals surface area contributed by atoms with Crippen LogP contribution in [0.3, 0.4) is 0 Å². The molecule has 0 spiro atoms. The van der Waals surface area contributed by atoms with Crippen LogP contribution in [0.4, 0.5) is 5.69 Å². The third-order valence-corrected chi connectivity index (χ3v) is 6.62. The molecule has 5 rings (SSSR count). The van der Waals surface area contributed by atoms with Crippen LogP contribution in [0.1, 0.15) is 36.8 Å². The summed E-state index contributed by atoms with van der Waals surface area (Å²) in [5.74, 6) is 0.626. The first-order valence-electron chi connectivity index (χ1n) is 10.7.